The van der Waals surface area contributed by atoms with Crippen molar-refractivity contribution in [3.05, 3.63) is 114 Å². The van der Waals surface area contributed by atoms with Crippen molar-refractivity contribution in [3.8, 4) is 18.1 Å². The predicted molar refractivity (Wildman–Crippen MR) is 124 cm³/mol. The van der Waals surface area contributed by atoms with Gasteiger partial charge in [0.05, 0.1) is 5.56 Å². The van der Waals surface area contributed by atoms with Crippen molar-refractivity contribution in [2.24, 2.45) is 0 Å². The molecule has 1 radical (unpaired) electrons. The normalized spacial score (nSPS) is 10.9. The molecule has 155 valence electrons. The molecule has 3 nitrogen and oxygen atoms in total. The van der Waals surface area contributed by atoms with Crippen molar-refractivity contribution < 1.29 is 14.3 Å². The molecule has 0 N–H and O–H groups in total. The molecule has 0 heterocycles. The van der Waals surface area contributed by atoms with Crippen LogP contribution in [0.25, 0.3) is 5.57 Å². The Labute approximate surface area is 184 Å². The minimum atomic E-state index is -0.349. The van der Waals surface area contributed by atoms with Gasteiger partial charge in [-0.2, -0.15) is 0 Å². The molecule has 3 aromatic carbocycles. The van der Waals surface area contributed by atoms with Crippen molar-refractivity contribution >= 4 is 11.5 Å². The molecule has 0 saturated heterocycles. The monoisotopic (exact) mass is 409 g/mol. The van der Waals surface area contributed by atoms with Gasteiger partial charge in [-0.3, -0.25) is 0 Å². The molecule has 0 fully saturated rings. The summed E-state index contributed by atoms with van der Waals surface area (Å²) in [7, 11) is 0. The highest BCUT2D eigenvalue weighted by Crippen LogP contribution is 2.23. The molecule has 0 spiro atoms. The lowest BCUT2D eigenvalue weighted by Crippen LogP contribution is -2.06. The summed E-state index contributed by atoms with van der Waals surface area (Å²) in [6.45, 7) is 6.75. The lowest BCUT2D eigenvalue weighted by molar-refractivity contribution is 0.0472. The average molecular weight is 410 g/mol. The van der Waals surface area contributed by atoms with Crippen molar-refractivity contribution in [2.45, 2.75) is 26.6 Å². The molecule has 0 unspecified atom stereocenters. The van der Waals surface area contributed by atoms with Crippen LogP contribution in [-0.4, -0.2) is 5.97 Å². The van der Waals surface area contributed by atoms with Gasteiger partial charge in [-0.1, -0.05) is 61.4 Å². The van der Waals surface area contributed by atoms with E-state index in [1.807, 2.05) is 60.7 Å². The van der Waals surface area contributed by atoms with Crippen molar-refractivity contribution in [3.63, 3.8) is 0 Å². The third kappa shape index (κ3) is 6.10. The van der Waals surface area contributed by atoms with Crippen LogP contribution in [0.5, 0.6) is 5.75 Å². The number of ether oxygens (including phenoxy) is 2. The Morgan fingerprint density at radius 2 is 1.77 bits per heavy atom. The summed E-state index contributed by atoms with van der Waals surface area (Å²) in [5, 5.41) is 0. The van der Waals surface area contributed by atoms with Gasteiger partial charge in [-0.05, 0) is 71.5 Å². The first kappa shape index (κ1) is 21.9. The molecule has 0 amide bonds. The molecule has 3 heteroatoms. The SMILES string of the molecule is C#C/C=C(/CC)c1cccc(OCc2ccc(COC(=O)c3ccccc3)c([CH2])c2)c1. The highest BCUT2D eigenvalue weighted by molar-refractivity contribution is 5.89. The summed E-state index contributed by atoms with van der Waals surface area (Å²) in [5.74, 6) is 3.02. The molecule has 0 aromatic heterocycles. The summed E-state index contributed by atoms with van der Waals surface area (Å²) >= 11 is 0. The van der Waals surface area contributed by atoms with E-state index in [0.29, 0.717) is 12.2 Å². The van der Waals surface area contributed by atoms with Crippen molar-refractivity contribution in [1.29, 1.82) is 0 Å². The maximum absolute atomic E-state index is 12.1. The third-order valence-corrected chi connectivity index (χ3v) is 4.89. The molecule has 3 aromatic rings. The van der Waals surface area contributed by atoms with Gasteiger partial charge in [0.25, 0.3) is 0 Å². The first-order chi connectivity index (χ1) is 15.1. The van der Waals surface area contributed by atoms with E-state index in [4.69, 9.17) is 15.9 Å². The van der Waals surface area contributed by atoms with E-state index in [-0.39, 0.29) is 12.6 Å². The fourth-order valence-corrected chi connectivity index (χ4v) is 3.15. The van der Waals surface area contributed by atoms with Crippen LogP contribution in [-0.2, 0) is 18.0 Å². The summed E-state index contributed by atoms with van der Waals surface area (Å²) in [5.41, 5.74) is 5.35. The van der Waals surface area contributed by atoms with Crippen LogP contribution in [0.1, 0.15) is 46.0 Å². The van der Waals surface area contributed by atoms with E-state index in [1.165, 1.54) is 0 Å². The maximum Gasteiger partial charge on any atom is 0.338 e. The second-order valence-corrected chi connectivity index (χ2v) is 7.05. The molecule has 31 heavy (non-hydrogen) atoms. The first-order valence-corrected chi connectivity index (χ1v) is 10.1. The number of esters is 1. The van der Waals surface area contributed by atoms with Crippen LogP contribution in [0.15, 0.2) is 78.9 Å². The lowest BCUT2D eigenvalue weighted by Gasteiger charge is -2.12. The van der Waals surface area contributed by atoms with Gasteiger partial charge in [0.2, 0.25) is 0 Å². The van der Waals surface area contributed by atoms with Crippen LogP contribution in [0, 0.1) is 19.3 Å². The van der Waals surface area contributed by atoms with E-state index in [9.17, 15) is 4.79 Å². The number of carbonyl (C=O) groups excluding carboxylic acids is 1. The van der Waals surface area contributed by atoms with Crippen LogP contribution in [0.4, 0.5) is 0 Å². The Kier molecular flexibility index (Phi) is 7.67. The predicted octanol–water partition coefficient (Wildman–Crippen LogP) is 6.23. The van der Waals surface area contributed by atoms with Gasteiger partial charge in [-0.15, -0.1) is 6.42 Å². The van der Waals surface area contributed by atoms with Gasteiger partial charge >= 0.3 is 5.97 Å². The zero-order chi connectivity index (χ0) is 22.1. The van der Waals surface area contributed by atoms with Gasteiger partial charge in [0.1, 0.15) is 19.0 Å². The Balaban J connectivity index is 1.60. The number of carbonyl (C=O) groups is 1. The Morgan fingerprint density at radius 3 is 2.48 bits per heavy atom. The maximum atomic E-state index is 12.1. The summed E-state index contributed by atoms with van der Waals surface area (Å²) in [6.07, 6.45) is 8.06. The van der Waals surface area contributed by atoms with E-state index < -0.39 is 0 Å². The Morgan fingerprint density at radius 1 is 1.00 bits per heavy atom. The van der Waals surface area contributed by atoms with Crippen molar-refractivity contribution in [1.82, 2.24) is 0 Å². The minimum Gasteiger partial charge on any atom is -0.489 e. The van der Waals surface area contributed by atoms with Crippen LogP contribution in [0.2, 0.25) is 0 Å². The number of terminal acetylenes is 1. The van der Waals surface area contributed by atoms with Crippen LogP contribution < -0.4 is 4.74 Å². The number of rotatable bonds is 8. The van der Waals surface area contributed by atoms with Gasteiger partial charge < -0.3 is 9.47 Å². The van der Waals surface area contributed by atoms with E-state index in [0.717, 1.165) is 40.0 Å². The average Bonchev–Trinajstić information content (AvgIpc) is 2.81. The van der Waals surface area contributed by atoms with Crippen molar-refractivity contribution in [2.75, 3.05) is 0 Å². The first-order valence-electron chi connectivity index (χ1n) is 10.1. The fraction of sp³-hybridized carbons (Fsp3) is 0.143. The topological polar surface area (TPSA) is 35.5 Å². The Bertz CT molecular complexity index is 1100. The summed E-state index contributed by atoms with van der Waals surface area (Å²) < 4.78 is 11.4. The molecule has 0 bridgehead atoms. The lowest BCUT2D eigenvalue weighted by atomic mass is 10.0. The smallest absolute Gasteiger partial charge is 0.338 e. The van der Waals surface area contributed by atoms with Crippen LogP contribution in [0.3, 0.4) is 0 Å². The Hall–Kier alpha value is -3.77. The van der Waals surface area contributed by atoms with Gasteiger partial charge in [0.15, 0.2) is 0 Å². The van der Waals surface area contributed by atoms with Gasteiger partial charge in [-0.25, -0.2) is 4.79 Å². The highest BCUT2D eigenvalue weighted by atomic mass is 16.5. The third-order valence-electron chi connectivity index (χ3n) is 4.89. The van der Waals surface area contributed by atoms with Gasteiger partial charge in [0, 0.05) is 0 Å². The van der Waals surface area contributed by atoms with E-state index >= 15 is 0 Å². The molecular formula is C28H25O3. The second-order valence-electron chi connectivity index (χ2n) is 7.05. The summed E-state index contributed by atoms with van der Waals surface area (Å²) in [4.78, 5) is 12.1. The molecular weight excluding hydrogens is 384 g/mol. The standard InChI is InChI=1S/C28H25O3/c1-4-10-23(5-2)25-13-9-14-27(18-25)30-19-22-15-16-26(21(3)17-22)20-31-28(29)24-11-7-6-8-12-24/h1,6-18H,3,5,19-20H2,2H3/b23-10-. The minimum absolute atomic E-state index is 0.178. The number of allylic oxidation sites excluding steroid dienone is 2. The fourth-order valence-electron chi connectivity index (χ4n) is 3.15. The zero-order valence-electron chi connectivity index (χ0n) is 17.6. The molecule has 0 aliphatic heterocycles. The molecule has 0 saturated carbocycles. The second kappa shape index (κ2) is 10.8. The molecule has 0 aliphatic carbocycles. The number of benzene rings is 3. The largest absolute Gasteiger partial charge is 0.489 e. The quantitative estimate of drug-likeness (QED) is 0.327. The number of hydrogen-bond acceptors (Lipinski definition) is 3. The van der Waals surface area contributed by atoms with E-state index in [2.05, 4.69) is 19.8 Å². The van der Waals surface area contributed by atoms with Crippen LogP contribution >= 0.6 is 0 Å². The summed E-state index contributed by atoms with van der Waals surface area (Å²) in [6, 6.07) is 22.7. The molecule has 0 aliphatic rings. The number of hydrogen-bond donors (Lipinski definition) is 0. The highest BCUT2D eigenvalue weighted by Gasteiger charge is 2.08. The molecule has 3 rings (SSSR count). The molecule has 0 atom stereocenters. The zero-order valence-corrected chi connectivity index (χ0v) is 17.6. The van der Waals surface area contributed by atoms with E-state index in [1.54, 1.807) is 18.2 Å².